The fourth-order valence-corrected chi connectivity index (χ4v) is 3.27. The Kier molecular flexibility index (Phi) is 14.9. The Bertz CT molecular complexity index is 454. The molecular formula is C16H35IN4O3S. The number of hydrogen-bond acceptors (Lipinski definition) is 4. The fourth-order valence-electron chi connectivity index (χ4n) is 2.61. The van der Waals surface area contributed by atoms with Gasteiger partial charge in [0.2, 0.25) is 10.0 Å². The highest BCUT2D eigenvalue weighted by Crippen LogP contribution is 2.20. The van der Waals surface area contributed by atoms with E-state index in [2.05, 4.69) is 20.3 Å². The number of hydrogen-bond donors (Lipinski definition) is 3. The normalized spacial score (nSPS) is 16.3. The molecule has 25 heavy (non-hydrogen) atoms. The van der Waals surface area contributed by atoms with Crippen molar-refractivity contribution in [3.8, 4) is 0 Å². The van der Waals surface area contributed by atoms with Gasteiger partial charge in [-0.05, 0) is 32.6 Å². The first-order valence-electron chi connectivity index (χ1n) is 9.11. The minimum absolute atomic E-state index is 0. The summed E-state index contributed by atoms with van der Waals surface area (Å²) in [7, 11) is -1.36. The van der Waals surface area contributed by atoms with Gasteiger partial charge in [-0.2, -0.15) is 0 Å². The van der Waals surface area contributed by atoms with Crippen LogP contribution in [-0.4, -0.2) is 59.5 Å². The average molecular weight is 490 g/mol. The molecule has 0 atom stereocenters. The monoisotopic (exact) mass is 490 g/mol. The molecule has 0 amide bonds. The minimum atomic E-state index is -3.09. The topological polar surface area (TPSA) is 91.8 Å². The summed E-state index contributed by atoms with van der Waals surface area (Å²) in [4.78, 5) is 4.15. The molecule has 0 aromatic carbocycles. The molecule has 0 radical (unpaired) electrons. The van der Waals surface area contributed by atoms with Crippen LogP contribution in [0, 0.1) is 0 Å². The van der Waals surface area contributed by atoms with Crippen LogP contribution in [0.1, 0.15) is 51.9 Å². The molecule has 150 valence electrons. The lowest BCUT2D eigenvalue weighted by Gasteiger charge is -2.22. The highest BCUT2D eigenvalue weighted by Gasteiger charge is 2.12. The van der Waals surface area contributed by atoms with Crippen molar-refractivity contribution in [3.63, 3.8) is 0 Å². The third kappa shape index (κ3) is 12.8. The van der Waals surface area contributed by atoms with Crippen LogP contribution in [0.5, 0.6) is 0 Å². The maximum atomic E-state index is 11.3. The lowest BCUT2D eigenvalue weighted by atomic mass is 9.98. The SMILES string of the molecule is CCS(=O)(=O)NCCCNC(=NC)NCCCOC1CCCCC1.I. The molecule has 0 unspecified atom stereocenters. The van der Waals surface area contributed by atoms with Crippen LogP contribution in [-0.2, 0) is 14.8 Å². The highest BCUT2D eigenvalue weighted by molar-refractivity contribution is 14.0. The largest absolute Gasteiger partial charge is 0.378 e. The van der Waals surface area contributed by atoms with Crippen LogP contribution in [0.15, 0.2) is 4.99 Å². The van der Waals surface area contributed by atoms with Crippen molar-refractivity contribution in [2.24, 2.45) is 4.99 Å². The molecule has 0 spiro atoms. The Morgan fingerprint density at radius 1 is 1.08 bits per heavy atom. The molecule has 0 saturated heterocycles. The van der Waals surface area contributed by atoms with Gasteiger partial charge in [0.15, 0.2) is 5.96 Å². The van der Waals surface area contributed by atoms with Crippen molar-refractivity contribution in [1.82, 2.24) is 15.4 Å². The Balaban J connectivity index is 0.00000576. The lowest BCUT2D eigenvalue weighted by Crippen LogP contribution is -2.39. The predicted molar refractivity (Wildman–Crippen MR) is 114 cm³/mol. The number of nitrogens with zero attached hydrogens (tertiary/aromatic N) is 1. The van der Waals surface area contributed by atoms with Crippen LogP contribution in [0.3, 0.4) is 0 Å². The van der Waals surface area contributed by atoms with Crippen LogP contribution in [0.2, 0.25) is 0 Å². The van der Waals surface area contributed by atoms with Gasteiger partial charge in [0.25, 0.3) is 0 Å². The third-order valence-corrected chi connectivity index (χ3v) is 5.49. The molecule has 0 aliphatic heterocycles. The standard InChI is InChI=1S/C16H34N4O3S.HI/c1-3-24(21,22)20-13-7-11-18-16(17-2)19-12-8-14-23-15-9-5-4-6-10-15;/h15,20H,3-14H2,1-2H3,(H2,17,18,19);1H. The molecule has 9 heteroatoms. The number of ether oxygens (including phenoxy) is 1. The first kappa shape index (κ1) is 24.9. The van der Waals surface area contributed by atoms with Gasteiger partial charge in [-0.15, -0.1) is 24.0 Å². The molecule has 7 nitrogen and oxygen atoms in total. The van der Waals surface area contributed by atoms with Crippen molar-refractivity contribution >= 4 is 40.0 Å². The van der Waals surface area contributed by atoms with Crippen LogP contribution < -0.4 is 15.4 Å². The van der Waals surface area contributed by atoms with Gasteiger partial charge in [-0.25, -0.2) is 13.1 Å². The maximum absolute atomic E-state index is 11.3. The first-order chi connectivity index (χ1) is 11.6. The third-order valence-electron chi connectivity index (χ3n) is 4.09. The van der Waals surface area contributed by atoms with Crippen LogP contribution in [0.4, 0.5) is 0 Å². The summed E-state index contributed by atoms with van der Waals surface area (Å²) >= 11 is 0. The smallest absolute Gasteiger partial charge is 0.211 e. The Hall–Kier alpha value is -0.130. The van der Waals surface area contributed by atoms with E-state index >= 15 is 0 Å². The number of nitrogens with one attached hydrogen (secondary N) is 3. The summed E-state index contributed by atoms with van der Waals surface area (Å²) < 4.78 is 31.0. The molecule has 0 aromatic rings. The number of guanidine groups is 1. The number of halogens is 1. The van der Waals surface area contributed by atoms with Crippen molar-refractivity contribution in [2.45, 2.75) is 58.0 Å². The van der Waals surface area contributed by atoms with Gasteiger partial charge in [-0.3, -0.25) is 4.99 Å². The Morgan fingerprint density at radius 3 is 2.32 bits per heavy atom. The molecule has 1 aliphatic carbocycles. The summed E-state index contributed by atoms with van der Waals surface area (Å²) in [6.45, 7) is 4.34. The molecule has 0 aromatic heterocycles. The summed E-state index contributed by atoms with van der Waals surface area (Å²) in [5, 5.41) is 6.42. The quantitative estimate of drug-likeness (QED) is 0.178. The second kappa shape index (κ2) is 15.0. The van der Waals surface area contributed by atoms with E-state index in [9.17, 15) is 8.42 Å². The zero-order valence-corrected chi connectivity index (χ0v) is 18.7. The fraction of sp³-hybridized carbons (Fsp3) is 0.938. The van der Waals surface area contributed by atoms with Gasteiger partial charge in [0, 0.05) is 33.3 Å². The van der Waals surface area contributed by atoms with E-state index in [1.807, 2.05) is 0 Å². The number of sulfonamides is 1. The van der Waals surface area contributed by atoms with E-state index in [-0.39, 0.29) is 29.7 Å². The number of aliphatic imine (C=N–C) groups is 1. The molecule has 1 rings (SSSR count). The Morgan fingerprint density at radius 2 is 1.72 bits per heavy atom. The molecule has 3 N–H and O–H groups in total. The van der Waals surface area contributed by atoms with Crippen LogP contribution >= 0.6 is 24.0 Å². The molecule has 1 aliphatic rings. The van der Waals surface area contributed by atoms with Crippen LogP contribution in [0.25, 0.3) is 0 Å². The molecule has 1 fully saturated rings. The second-order valence-electron chi connectivity index (χ2n) is 6.06. The summed E-state index contributed by atoms with van der Waals surface area (Å²) in [5.41, 5.74) is 0. The molecule has 1 saturated carbocycles. The van der Waals surface area contributed by atoms with E-state index in [1.54, 1.807) is 14.0 Å². The van der Waals surface area contributed by atoms with Gasteiger partial charge in [-0.1, -0.05) is 19.3 Å². The molecular weight excluding hydrogens is 455 g/mol. The summed E-state index contributed by atoms with van der Waals surface area (Å²) in [6.07, 6.45) is 8.49. The van der Waals surface area contributed by atoms with Crippen molar-refractivity contribution in [2.75, 3.05) is 39.0 Å². The van der Waals surface area contributed by atoms with Gasteiger partial charge in [0.05, 0.1) is 11.9 Å². The van der Waals surface area contributed by atoms with Gasteiger partial charge in [0.1, 0.15) is 0 Å². The summed E-state index contributed by atoms with van der Waals surface area (Å²) in [6, 6.07) is 0. The maximum Gasteiger partial charge on any atom is 0.211 e. The first-order valence-corrected chi connectivity index (χ1v) is 10.8. The van der Waals surface area contributed by atoms with E-state index in [0.29, 0.717) is 25.6 Å². The molecule has 0 bridgehead atoms. The Labute approximate surface area is 170 Å². The van der Waals surface area contributed by atoms with Gasteiger partial charge < -0.3 is 15.4 Å². The van der Waals surface area contributed by atoms with E-state index in [4.69, 9.17) is 4.74 Å². The highest BCUT2D eigenvalue weighted by atomic mass is 127. The van der Waals surface area contributed by atoms with E-state index in [0.717, 1.165) is 25.5 Å². The minimum Gasteiger partial charge on any atom is -0.378 e. The predicted octanol–water partition coefficient (Wildman–Crippen LogP) is 1.84. The van der Waals surface area contributed by atoms with E-state index < -0.39 is 10.0 Å². The lowest BCUT2D eigenvalue weighted by molar-refractivity contribution is 0.0277. The summed E-state index contributed by atoms with van der Waals surface area (Å²) in [5.74, 6) is 0.859. The van der Waals surface area contributed by atoms with Crippen molar-refractivity contribution < 1.29 is 13.2 Å². The second-order valence-corrected chi connectivity index (χ2v) is 8.16. The molecule has 0 heterocycles. The van der Waals surface area contributed by atoms with Gasteiger partial charge >= 0.3 is 0 Å². The van der Waals surface area contributed by atoms with E-state index in [1.165, 1.54) is 32.1 Å². The van der Waals surface area contributed by atoms with Crippen molar-refractivity contribution in [3.05, 3.63) is 0 Å². The zero-order valence-electron chi connectivity index (χ0n) is 15.6. The van der Waals surface area contributed by atoms with Crippen molar-refractivity contribution in [1.29, 1.82) is 0 Å². The zero-order chi connectivity index (χ0) is 17.7. The number of rotatable bonds is 11. The average Bonchev–Trinajstić information content (AvgIpc) is 2.60.